The van der Waals surface area contributed by atoms with Crippen molar-refractivity contribution >= 4 is 28.6 Å². The highest BCUT2D eigenvalue weighted by Gasteiger charge is 2.57. The van der Waals surface area contributed by atoms with Crippen LogP contribution in [0.4, 0.5) is 0 Å². The van der Waals surface area contributed by atoms with Crippen LogP contribution in [0.25, 0.3) is 0 Å². The molecular weight excluding hydrogens is 353 g/mol. The second-order valence-electron chi connectivity index (χ2n) is 5.66. The Bertz CT molecular complexity index is 476. The Kier molecular flexibility index (Phi) is 3.55. The summed E-state index contributed by atoms with van der Waals surface area (Å²) in [4.78, 5) is 12.1. The van der Waals surface area contributed by atoms with Gasteiger partial charge < -0.3 is 10.1 Å². The number of hydrogen-bond acceptors (Lipinski definition) is 2. The Morgan fingerprint density at radius 3 is 2.74 bits per heavy atom. The average molecular weight is 372 g/mol. The van der Waals surface area contributed by atoms with E-state index in [0.29, 0.717) is 12.0 Å². The van der Waals surface area contributed by atoms with Gasteiger partial charge in [-0.1, -0.05) is 52.9 Å². The number of piperidine rings is 1. The van der Waals surface area contributed by atoms with E-state index in [9.17, 15) is 4.79 Å². The van der Waals surface area contributed by atoms with Gasteiger partial charge >= 0.3 is 5.97 Å². The highest BCUT2D eigenvalue weighted by atomic mass is 127. The van der Waals surface area contributed by atoms with Crippen LogP contribution in [-0.4, -0.2) is 22.5 Å². The molecule has 1 aliphatic heterocycles. The first-order chi connectivity index (χ1) is 9.12. The quantitative estimate of drug-likeness (QED) is 0.498. The number of carbonyl (C=O) groups excluding carboxylic acids is 1. The van der Waals surface area contributed by atoms with Gasteiger partial charge in [-0.05, 0) is 12.5 Å². The molecule has 1 saturated heterocycles. The first-order valence-electron chi connectivity index (χ1n) is 6.87. The Labute approximate surface area is 127 Å². The maximum atomic E-state index is 12.1. The standard InChI is InChI=1S/C15H18INO2/c1-10(16)14(18)19-15(11-5-3-2-4-6-11)8-13-7-12(15)9-17-13/h2-6,10,12-13,17H,7-9H2,1H3/p+1. The lowest BCUT2D eigenvalue weighted by molar-refractivity contribution is -0.683. The molecule has 0 amide bonds. The van der Waals surface area contributed by atoms with E-state index < -0.39 is 0 Å². The topological polar surface area (TPSA) is 42.9 Å². The van der Waals surface area contributed by atoms with Crippen LogP contribution in [0.3, 0.4) is 0 Å². The van der Waals surface area contributed by atoms with Crippen molar-refractivity contribution in [3.05, 3.63) is 35.9 Å². The van der Waals surface area contributed by atoms with Crippen LogP contribution in [0.15, 0.2) is 30.3 Å². The number of fused-ring (bicyclic) bond motifs is 2. The summed E-state index contributed by atoms with van der Waals surface area (Å²) in [6.45, 7) is 2.96. The van der Waals surface area contributed by atoms with E-state index in [1.165, 1.54) is 5.56 Å². The number of carbonyl (C=O) groups is 1. The zero-order valence-electron chi connectivity index (χ0n) is 11.0. The van der Waals surface area contributed by atoms with E-state index >= 15 is 0 Å². The molecule has 19 heavy (non-hydrogen) atoms. The Morgan fingerprint density at radius 2 is 2.21 bits per heavy atom. The van der Waals surface area contributed by atoms with Crippen LogP contribution >= 0.6 is 22.6 Å². The van der Waals surface area contributed by atoms with E-state index in [1.54, 1.807) is 0 Å². The second kappa shape index (κ2) is 5.05. The van der Waals surface area contributed by atoms with Crippen LogP contribution in [0, 0.1) is 5.92 Å². The molecule has 4 heteroatoms. The normalized spacial score (nSPS) is 34.2. The zero-order chi connectivity index (χ0) is 13.5. The predicted octanol–water partition coefficient (Wildman–Crippen LogP) is 1.60. The van der Waals surface area contributed by atoms with Gasteiger partial charge in [-0.25, -0.2) is 0 Å². The molecular formula is C15H19INO2+. The smallest absolute Gasteiger partial charge is 0.319 e. The fraction of sp³-hybridized carbons (Fsp3) is 0.533. The molecule has 2 N–H and O–H groups in total. The minimum Gasteiger partial charge on any atom is -0.453 e. The summed E-state index contributed by atoms with van der Waals surface area (Å²) in [6, 6.07) is 10.9. The first kappa shape index (κ1) is 13.4. The monoisotopic (exact) mass is 372 g/mol. The lowest BCUT2D eigenvalue weighted by atomic mass is 9.82. The lowest BCUT2D eigenvalue weighted by Gasteiger charge is -2.36. The summed E-state index contributed by atoms with van der Waals surface area (Å²) in [6.07, 6.45) is 2.12. The van der Waals surface area contributed by atoms with Gasteiger partial charge in [0.25, 0.3) is 0 Å². The number of ether oxygens (including phenoxy) is 1. The molecule has 3 rings (SSSR count). The maximum absolute atomic E-state index is 12.1. The van der Waals surface area contributed by atoms with Gasteiger partial charge in [-0.15, -0.1) is 0 Å². The number of quaternary nitrogens is 1. The molecule has 4 unspecified atom stereocenters. The number of rotatable bonds is 3. The molecule has 1 heterocycles. The number of esters is 1. The molecule has 0 spiro atoms. The molecule has 1 aromatic carbocycles. The number of benzene rings is 1. The van der Waals surface area contributed by atoms with Crippen LogP contribution < -0.4 is 5.32 Å². The van der Waals surface area contributed by atoms with Crippen LogP contribution in [-0.2, 0) is 15.1 Å². The molecule has 2 aliphatic rings. The van der Waals surface area contributed by atoms with Gasteiger partial charge in [0.1, 0.15) is 3.92 Å². The van der Waals surface area contributed by atoms with E-state index in [1.807, 2.05) is 25.1 Å². The molecule has 1 aromatic rings. The van der Waals surface area contributed by atoms with Crippen molar-refractivity contribution in [2.45, 2.75) is 35.3 Å². The van der Waals surface area contributed by atoms with Gasteiger partial charge in [0, 0.05) is 12.8 Å². The van der Waals surface area contributed by atoms with E-state index in [4.69, 9.17) is 4.74 Å². The Balaban J connectivity index is 1.95. The summed E-state index contributed by atoms with van der Waals surface area (Å²) in [5.41, 5.74) is 0.790. The molecule has 0 radical (unpaired) electrons. The molecule has 4 atom stereocenters. The van der Waals surface area contributed by atoms with Crippen molar-refractivity contribution in [2.24, 2.45) is 5.92 Å². The lowest BCUT2D eigenvalue weighted by Crippen LogP contribution is -2.89. The van der Waals surface area contributed by atoms with Crippen LogP contribution in [0.5, 0.6) is 0 Å². The molecule has 0 aromatic heterocycles. The molecule has 102 valence electrons. The third-order valence-electron chi connectivity index (χ3n) is 4.44. The maximum Gasteiger partial charge on any atom is 0.319 e. The minimum atomic E-state index is -0.378. The molecule has 2 bridgehead atoms. The fourth-order valence-corrected chi connectivity index (χ4v) is 3.66. The van der Waals surface area contributed by atoms with Gasteiger partial charge in [-0.3, -0.25) is 4.79 Å². The molecule has 2 fully saturated rings. The zero-order valence-corrected chi connectivity index (χ0v) is 13.2. The summed E-state index contributed by atoms with van der Waals surface area (Å²) < 4.78 is 5.92. The predicted molar refractivity (Wildman–Crippen MR) is 81.0 cm³/mol. The van der Waals surface area contributed by atoms with Gasteiger partial charge in [-0.2, -0.15) is 0 Å². The Hall–Kier alpha value is -0.620. The second-order valence-corrected chi connectivity index (χ2v) is 7.53. The average Bonchev–Trinajstić information content (AvgIpc) is 3.00. The minimum absolute atomic E-state index is 0.0861. The van der Waals surface area contributed by atoms with Gasteiger partial charge in [0.05, 0.1) is 18.5 Å². The third-order valence-corrected chi connectivity index (χ3v) is 4.94. The van der Waals surface area contributed by atoms with Crippen molar-refractivity contribution in [2.75, 3.05) is 6.54 Å². The van der Waals surface area contributed by atoms with Crippen molar-refractivity contribution in [3.8, 4) is 0 Å². The third kappa shape index (κ3) is 2.29. The van der Waals surface area contributed by atoms with E-state index in [-0.39, 0.29) is 15.5 Å². The highest BCUT2D eigenvalue weighted by molar-refractivity contribution is 14.1. The number of alkyl halides is 1. The van der Waals surface area contributed by atoms with Crippen molar-refractivity contribution in [1.82, 2.24) is 0 Å². The van der Waals surface area contributed by atoms with Crippen molar-refractivity contribution in [3.63, 3.8) is 0 Å². The number of halogens is 1. The molecule has 1 saturated carbocycles. The molecule has 1 aliphatic carbocycles. The number of nitrogens with two attached hydrogens (primary N) is 1. The summed E-state index contributed by atoms with van der Waals surface area (Å²) in [7, 11) is 0. The van der Waals surface area contributed by atoms with Gasteiger partial charge in [0.15, 0.2) is 5.60 Å². The van der Waals surface area contributed by atoms with Crippen molar-refractivity contribution < 1.29 is 14.8 Å². The van der Waals surface area contributed by atoms with Crippen LogP contribution in [0.1, 0.15) is 25.3 Å². The van der Waals surface area contributed by atoms with Crippen LogP contribution in [0.2, 0.25) is 0 Å². The highest BCUT2D eigenvalue weighted by Crippen LogP contribution is 2.47. The molecule has 3 nitrogen and oxygen atoms in total. The van der Waals surface area contributed by atoms with E-state index in [2.05, 4.69) is 40.0 Å². The van der Waals surface area contributed by atoms with E-state index in [0.717, 1.165) is 19.4 Å². The SMILES string of the molecule is CC(I)C(=O)OC1(c2ccccc2)CC2CC1C[NH2+]2. The van der Waals surface area contributed by atoms with Gasteiger partial charge in [0.2, 0.25) is 0 Å². The first-order valence-corrected chi connectivity index (χ1v) is 8.12. The Morgan fingerprint density at radius 1 is 1.47 bits per heavy atom. The number of hydrogen-bond donors (Lipinski definition) is 1. The largest absolute Gasteiger partial charge is 0.453 e. The van der Waals surface area contributed by atoms with Crippen molar-refractivity contribution in [1.29, 1.82) is 0 Å². The fourth-order valence-electron chi connectivity index (χ4n) is 3.54. The summed E-state index contributed by atoms with van der Waals surface area (Å²) >= 11 is 2.13. The summed E-state index contributed by atoms with van der Waals surface area (Å²) in [5, 5.41) is 2.40. The summed E-state index contributed by atoms with van der Waals surface area (Å²) in [5.74, 6) is 0.371.